The molecule has 2 nitrogen and oxygen atoms in total. The van der Waals surface area contributed by atoms with Gasteiger partial charge in [0.15, 0.2) is 0 Å². The fraction of sp³-hybridized carbons (Fsp3) is 0.462. The fourth-order valence-electron chi connectivity index (χ4n) is 1.97. The smallest absolute Gasteiger partial charge is 0.101 e. The lowest BCUT2D eigenvalue weighted by molar-refractivity contribution is 0.616. The number of hydrogen-bond donors (Lipinski definition) is 1. The Morgan fingerprint density at radius 3 is 2.88 bits per heavy atom. The van der Waals surface area contributed by atoms with Gasteiger partial charge >= 0.3 is 0 Å². The molecule has 1 N–H and O–H groups in total. The molecule has 2 rings (SSSR count). The molecule has 0 spiro atoms. The number of nitriles is 1. The van der Waals surface area contributed by atoms with Gasteiger partial charge in [0.05, 0.1) is 10.6 Å². The van der Waals surface area contributed by atoms with Crippen LogP contribution >= 0.6 is 11.6 Å². The first-order valence-electron chi connectivity index (χ1n) is 5.70. The highest BCUT2D eigenvalue weighted by molar-refractivity contribution is 6.31. The largest absolute Gasteiger partial charge is 0.382 e. The van der Waals surface area contributed by atoms with Crippen LogP contribution in [0.1, 0.15) is 31.7 Å². The number of rotatable bonds is 4. The van der Waals surface area contributed by atoms with Gasteiger partial charge in [-0.3, -0.25) is 0 Å². The van der Waals surface area contributed by atoms with Crippen LogP contribution in [0.3, 0.4) is 0 Å². The number of nitrogens with zero attached hydrogens (tertiary/aromatic N) is 1. The van der Waals surface area contributed by atoms with Gasteiger partial charge in [-0.1, -0.05) is 18.5 Å². The zero-order chi connectivity index (χ0) is 11.5. The van der Waals surface area contributed by atoms with Crippen LogP contribution in [0.25, 0.3) is 0 Å². The normalized spacial score (nSPS) is 16.6. The van der Waals surface area contributed by atoms with E-state index in [9.17, 15) is 0 Å². The van der Waals surface area contributed by atoms with Crippen LogP contribution in [0, 0.1) is 17.2 Å². The van der Waals surface area contributed by atoms with Gasteiger partial charge in [0.1, 0.15) is 6.07 Å². The summed E-state index contributed by atoms with van der Waals surface area (Å²) < 4.78 is 0. The summed E-state index contributed by atoms with van der Waals surface area (Å²) in [6.07, 6.45) is 3.77. The standard InChI is InChI=1S/C13H15ClN2/c1-2-13(9-3-4-9)16-11-5-6-12(14)10(7-11)8-15/h5-7,9,13,16H,2-4H2,1H3. The van der Waals surface area contributed by atoms with Crippen molar-refractivity contribution in [3.8, 4) is 6.07 Å². The summed E-state index contributed by atoms with van der Waals surface area (Å²) in [5.41, 5.74) is 1.54. The summed E-state index contributed by atoms with van der Waals surface area (Å²) in [6, 6.07) is 8.18. The van der Waals surface area contributed by atoms with Crippen molar-refractivity contribution in [2.45, 2.75) is 32.2 Å². The second kappa shape index (κ2) is 4.76. The third-order valence-corrected chi connectivity index (χ3v) is 3.40. The van der Waals surface area contributed by atoms with Crippen molar-refractivity contribution in [1.29, 1.82) is 5.26 Å². The van der Waals surface area contributed by atoms with Crippen molar-refractivity contribution >= 4 is 17.3 Å². The molecule has 1 aromatic rings. The second-order valence-corrected chi connectivity index (χ2v) is 4.71. The molecular weight excluding hydrogens is 220 g/mol. The van der Waals surface area contributed by atoms with Crippen molar-refractivity contribution in [2.75, 3.05) is 5.32 Å². The molecule has 1 aromatic carbocycles. The number of benzene rings is 1. The lowest BCUT2D eigenvalue weighted by Crippen LogP contribution is -2.20. The Balaban J connectivity index is 2.11. The van der Waals surface area contributed by atoms with Crippen molar-refractivity contribution in [2.24, 2.45) is 5.92 Å². The van der Waals surface area contributed by atoms with E-state index in [4.69, 9.17) is 16.9 Å². The SMILES string of the molecule is CCC(Nc1ccc(Cl)c(C#N)c1)C1CC1. The van der Waals surface area contributed by atoms with E-state index in [0.717, 1.165) is 18.0 Å². The van der Waals surface area contributed by atoms with Crippen molar-refractivity contribution in [3.05, 3.63) is 28.8 Å². The maximum absolute atomic E-state index is 8.89. The molecule has 1 fully saturated rings. The van der Waals surface area contributed by atoms with E-state index in [1.54, 1.807) is 6.07 Å². The number of halogens is 1. The zero-order valence-electron chi connectivity index (χ0n) is 9.33. The Labute approximate surface area is 101 Å². The first kappa shape index (κ1) is 11.3. The van der Waals surface area contributed by atoms with Crippen molar-refractivity contribution in [1.82, 2.24) is 0 Å². The molecule has 0 saturated heterocycles. The Hall–Kier alpha value is -1.20. The van der Waals surface area contributed by atoms with Gasteiger partial charge in [0.25, 0.3) is 0 Å². The first-order chi connectivity index (χ1) is 7.74. The molecule has 0 amide bonds. The number of hydrogen-bond acceptors (Lipinski definition) is 2. The minimum absolute atomic E-state index is 0.521. The third-order valence-electron chi connectivity index (χ3n) is 3.07. The molecule has 1 aliphatic carbocycles. The molecular formula is C13H15ClN2. The predicted molar refractivity (Wildman–Crippen MR) is 66.6 cm³/mol. The van der Waals surface area contributed by atoms with E-state index in [-0.39, 0.29) is 0 Å². The summed E-state index contributed by atoms with van der Waals surface area (Å²) in [5, 5.41) is 12.9. The quantitative estimate of drug-likeness (QED) is 0.860. The molecule has 0 bridgehead atoms. The van der Waals surface area contributed by atoms with Crippen LogP contribution in [0.15, 0.2) is 18.2 Å². The Morgan fingerprint density at radius 1 is 1.56 bits per heavy atom. The summed E-state index contributed by atoms with van der Waals surface area (Å²) in [6.45, 7) is 2.19. The molecule has 1 atom stereocenters. The van der Waals surface area contributed by atoms with E-state index in [1.165, 1.54) is 12.8 Å². The lowest BCUT2D eigenvalue weighted by atomic mass is 10.1. The molecule has 1 aliphatic rings. The molecule has 1 unspecified atom stereocenters. The minimum atomic E-state index is 0.521. The second-order valence-electron chi connectivity index (χ2n) is 4.30. The van der Waals surface area contributed by atoms with Gasteiger partial charge in [0.2, 0.25) is 0 Å². The van der Waals surface area contributed by atoms with Gasteiger partial charge in [-0.25, -0.2) is 0 Å². The van der Waals surface area contributed by atoms with Crippen molar-refractivity contribution in [3.63, 3.8) is 0 Å². The molecule has 0 radical (unpaired) electrons. The summed E-state index contributed by atoms with van der Waals surface area (Å²) in [4.78, 5) is 0. The lowest BCUT2D eigenvalue weighted by Gasteiger charge is -2.17. The van der Waals surface area contributed by atoms with Gasteiger partial charge in [-0.05, 0) is 43.4 Å². The monoisotopic (exact) mass is 234 g/mol. The molecule has 0 aliphatic heterocycles. The average Bonchev–Trinajstić information content (AvgIpc) is 3.12. The summed E-state index contributed by atoms with van der Waals surface area (Å²) in [7, 11) is 0. The van der Waals surface area contributed by atoms with Gasteiger partial charge in [0, 0.05) is 11.7 Å². The summed E-state index contributed by atoms with van der Waals surface area (Å²) >= 11 is 5.89. The Bertz CT molecular complexity index is 418. The fourth-order valence-corrected chi connectivity index (χ4v) is 2.13. The zero-order valence-corrected chi connectivity index (χ0v) is 10.1. The minimum Gasteiger partial charge on any atom is -0.382 e. The Kier molecular flexibility index (Phi) is 3.36. The van der Waals surface area contributed by atoms with Crippen LogP contribution in [-0.4, -0.2) is 6.04 Å². The van der Waals surface area contributed by atoms with E-state index < -0.39 is 0 Å². The Morgan fingerprint density at radius 2 is 2.31 bits per heavy atom. The topological polar surface area (TPSA) is 35.8 Å². The highest BCUT2D eigenvalue weighted by Crippen LogP contribution is 2.35. The molecule has 1 saturated carbocycles. The van der Waals surface area contributed by atoms with Crippen LogP contribution in [-0.2, 0) is 0 Å². The van der Waals surface area contributed by atoms with E-state index in [0.29, 0.717) is 16.6 Å². The number of nitrogens with one attached hydrogen (secondary N) is 1. The highest BCUT2D eigenvalue weighted by Gasteiger charge is 2.29. The third kappa shape index (κ3) is 2.48. The van der Waals surface area contributed by atoms with Crippen LogP contribution in [0.4, 0.5) is 5.69 Å². The molecule has 0 aromatic heterocycles. The predicted octanol–water partition coefficient (Wildman–Crippen LogP) is 3.81. The first-order valence-corrected chi connectivity index (χ1v) is 6.08. The van der Waals surface area contributed by atoms with E-state index >= 15 is 0 Å². The van der Waals surface area contributed by atoms with Crippen LogP contribution in [0.5, 0.6) is 0 Å². The summed E-state index contributed by atoms with van der Waals surface area (Å²) in [5.74, 6) is 0.811. The van der Waals surface area contributed by atoms with Crippen molar-refractivity contribution < 1.29 is 0 Å². The molecule has 0 heterocycles. The van der Waals surface area contributed by atoms with E-state index in [1.807, 2.05) is 12.1 Å². The highest BCUT2D eigenvalue weighted by atomic mass is 35.5. The number of anilines is 1. The van der Waals surface area contributed by atoms with Crippen LogP contribution < -0.4 is 5.32 Å². The van der Waals surface area contributed by atoms with Gasteiger partial charge in [-0.2, -0.15) is 5.26 Å². The maximum atomic E-state index is 8.89. The molecule has 84 valence electrons. The van der Waals surface area contributed by atoms with Gasteiger partial charge < -0.3 is 5.32 Å². The van der Waals surface area contributed by atoms with E-state index in [2.05, 4.69) is 18.3 Å². The average molecular weight is 235 g/mol. The maximum Gasteiger partial charge on any atom is 0.101 e. The van der Waals surface area contributed by atoms with Crippen LogP contribution in [0.2, 0.25) is 5.02 Å². The molecule has 16 heavy (non-hydrogen) atoms. The molecule has 3 heteroatoms. The van der Waals surface area contributed by atoms with Gasteiger partial charge in [-0.15, -0.1) is 0 Å².